The molecule has 0 saturated carbocycles. The lowest BCUT2D eigenvalue weighted by atomic mass is 10.1. The molecule has 3 aromatic rings. The van der Waals surface area contributed by atoms with Crippen molar-refractivity contribution in [3.8, 4) is 11.4 Å². The zero-order valence-corrected chi connectivity index (χ0v) is 11.7. The predicted molar refractivity (Wildman–Crippen MR) is 77.7 cm³/mol. The van der Waals surface area contributed by atoms with Crippen molar-refractivity contribution in [2.24, 2.45) is 7.05 Å². The number of rotatable bonds is 3. The summed E-state index contributed by atoms with van der Waals surface area (Å²) in [5.74, 6) is 0.349. The van der Waals surface area contributed by atoms with Crippen molar-refractivity contribution in [1.82, 2.24) is 25.0 Å². The molecule has 0 bridgehead atoms. The van der Waals surface area contributed by atoms with E-state index in [1.54, 1.807) is 16.9 Å². The molecule has 7 nitrogen and oxygen atoms in total. The van der Waals surface area contributed by atoms with Gasteiger partial charge < -0.3 is 5.32 Å². The number of benzene rings is 1. The van der Waals surface area contributed by atoms with Crippen LogP contribution in [-0.2, 0) is 7.05 Å². The Morgan fingerprint density at radius 3 is 2.81 bits per heavy atom. The minimum Gasteiger partial charge on any atom is -0.319 e. The fourth-order valence-electron chi connectivity index (χ4n) is 2.03. The SMILES string of the molecule is Cc1c(NC(=O)c2ccccc2-c2ncn[nH]2)cnn1C. The number of aromatic amines is 1. The third-order valence-electron chi connectivity index (χ3n) is 3.33. The van der Waals surface area contributed by atoms with Crippen LogP contribution in [0.3, 0.4) is 0 Å². The van der Waals surface area contributed by atoms with Gasteiger partial charge in [-0.05, 0) is 13.0 Å². The average molecular weight is 282 g/mol. The molecule has 106 valence electrons. The highest BCUT2D eigenvalue weighted by molar-refractivity contribution is 6.08. The predicted octanol–water partition coefficient (Wildman–Crippen LogP) is 1.77. The highest BCUT2D eigenvalue weighted by Gasteiger charge is 2.15. The van der Waals surface area contributed by atoms with Crippen LogP contribution < -0.4 is 5.32 Å². The van der Waals surface area contributed by atoms with Gasteiger partial charge in [-0.2, -0.15) is 10.2 Å². The van der Waals surface area contributed by atoms with Crippen LogP contribution in [0.25, 0.3) is 11.4 Å². The van der Waals surface area contributed by atoms with Crippen LogP contribution in [0.15, 0.2) is 36.8 Å². The molecule has 2 N–H and O–H groups in total. The van der Waals surface area contributed by atoms with Gasteiger partial charge in [-0.1, -0.05) is 18.2 Å². The van der Waals surface area contributed by atoms with E-state index in [0.717, 1.165) is 5.69 Å². The fourth-order valence-corrected chi connectivity index (χ4v) is 2.03. The Morgan fingerprint density at radius 2 is 2.14 bits per heavy atom. The normalized spacial score (nSPS) is 10.6. The third-order valence-corrected chi connectivity index (χ3v) is 3.33. The summed E-state index contributed by atoms with van der Waals surface area (Å²) in [7, 11) is 1.83. The molecule has 0 radical (unpaired) electrons. The van der Waals surface area contributed by atoms with Crippen molar-refractivity contribution in [2.45, 2.75) is 6.92 Å². The quantitative estimate of drug-likeness (QED) is 0.766. The van der Waals surface area contributed by atoms with Gasteiger partial charge in [-0.15, -0.1) is 0 Å². The van der Waals surface area contributed by atoms with Gasteiger partial charge >= 0.3 is 0 Å². The molecule has 3 rings (SSSR count). The highest BCUT2D eigenvalue weighted by atomic mass is 16.1. The summed E-state index contributed by atoms with van der Waals surface area (Å²) in [4.78, 5) is 16.6. The van der Waals surface area contributed by atoms with Gasteiger partial charge in [0.05, 0.1) is 23.1 Å². The number of hydrogen-bond donors (Lipinski definition) is 2. The lowest BCUT2D eigenvalue weighted by Gasteiger charge is -2.08. The van der Waals surface area contributed by atoms with Crippen molar-refractivity contribution in [3.63, 3.8) is 0 Å². The lowest BCUT2D eigenvalue weighted by Crippen LogP contribution is -2.14. The molecule has 0 aliphatic rings. The van der Waals surface area contributed by atoms with Crippen LogP contribution in [0.5, 0.6) is 0 Å². The molecule has 1 aromatic carbocycles. The molecule has 2 heterocycles. The monoisotopic (exact) mass is 282 g/mol. The van der Waals surface area contributed by atoms with Crippen LogP contribution in [0.2, 0.25) is 0 Å². The molecule has 21 heavy (non-hydrogen) atoms. The van der Waals surface area contributed by atoms with E-state index in [2.05, 4.69) is 25.6 Å². The third kappa shape index (κ3) is 2.40. The number of aryl methyl sites for hydroxylation is 1. The zero-order valence-electron chi connectivity index (χ0n) is 11.7. The molecule has 0 saturated heterocycles. The number of amides is 1. The van der Waals surface area contributed by atoms with E-state index >= 15 is 0 Å². The van der Waals surface area contributed by atoms with Gasteiger partial charge in [0.2, 0.25) is 0 Å². The molecule has 7 heteroatoms. The van der Waals surface area contributed by atoms with E-state index in [9.17, 15) is 4.79 Å². The summed E-state index contributed by atoms with van der Waals surface area (Å²) in [6.45, 7) is 1.89. The van der Waals surface area contributed by atoms with Gasteiger partial charge in [-0.3, -0.25) is 14.6 Å². The molecule has 0 aliphatic carbocycles. The Bertz CT molecular complexity index is 775. The van der Waals surface area contributed by atoms with Crippen LogP contribution in [0.4, 0.5) is 5.69 Å². The smallest absolute Gasteiger partial charge is 0.256 e. The van der Waals surface area contributed by atoms with E-state index in [0.29, 0.717) is 22.6 Å². The molecular formula is C14H14N6O. The number of carbonyl (C=O) groups excluding carboxylic acids is 1. The molecule has 0 spiro atoms. The molecule has 0 atom stereocenters. The Hall–Kier alpha value is -2.96. The van der Waals surface area contributed by atoms with Gasteiger partial charge in [0, 0.05) is 12.6 Å². The summed E-state index contributed by atoms with van der Waals surface area (Å²) in [6.07, 6.45) is 3.04. The topological polar surface area (TPSA) is 88.5 Å². The van der Waals surface area contributed by atoms with E-state index < -0.39 is 0 Å². The first-order valence-electron chi connectivity index (χ1n) is 6.41. The molecule has 0 aliphatic heterocycles. The Balaban J connectivity index is 1.94. The molecule has 0 unspecified atom stereocenters. The zero-order chi connectivity index (χ0) is 14.8. The van der Waals surface area contributed by atoms with Gasteiger partial charge in [0.1, 0.15) is 6.33 Å². The van der Waals surface area contributed by atoms with Crippen molar-refractivity contribution in [2.75, 3.05) is 5.32 Å². The van der Waals surface area contributed by atoms with Crippen LogP contribution in [0, 0.1) is 6.92 Å². The van der Waals surface area contributed by atoms with Crippen molar-refractivity contribution in [1.29, 1.82) is 0 Å². The second-order valence-electron chi connectivity index (χ2n) is 4.60. The number of aromatic nitrogens is 5. The molecular weight excluding hydrogens is 268 g/mol. The number of hydrogen-bond acceptors (Lipinski definition) is 4. The van der Waals surface area contributed by atoms with Gasteiger partial charge in [0.15, 0.2) is 5.82 Å². The minimum atomic E-state index is -0.210. The Morgan fingerprint density at radius 1 is 1.33 bits per heavy atom. The summed E-state index contributed by atoms with van der Waals surface area (Å²) in [5.41, 5.74) is 2.81. The number of anilines is 1. The molecule has 2 aromatic heterocycles. The van der Waals surface area contributed by atoms with Crippen molar-refractivity contribution in [3.05, 3.63) is 48.0 Å². The largest absolute Gasteiger partial charge is 0.319 e. The first-order valence-corrected chi connectivity index (χ1v) is 6.41. The van der Waals surface area contributed by atoms with E-state index in [4.69, 9.17) is 0 Å². The van der Waals surface area contributed by atoms with Crippen molar-refractivity contribution >= 4 is 11.6 Å². The number of nitrogens with one attached hydrogen (secondary N) is 2. The fraction of sp³-hybridized carbons (Fsp3) is 0.143. The van der Waals surface area contributed by atoms with Crippen LogP contribution >= 0.6 is 0 Å². The summed E-state index contributed by atoms with van der Waals surface area (Å²) in [6, 6.07) is 7.24. The van der Waals surface area contributed by atoms with E-state index in [1.165, 1.54) is 6.33 Å². The van der Waals surface area contributed by atoms with Gasteiger partial charge in [-0.25, -0.2) is 4.98 Å². The van der Waals surface area contributed by atoms with Crippen LogP contribution in [-0.4, -0.2) is 30.9 Å². The first kappa shape index (κ1) is 13.0. The first-order chi connectivity index (χ1) is 10.2. The van der Waals surface area contributed by atoms with E-state index in [-0.39, 0.29) is 5.91 Å². The molecule has 1 amide bonds. The lowest BCUT2D eigenvalue weighted by molar-refractivity contribution is 0.102. The standard InChI is InChI=1S/C14H14N6O/c1-9-12(7-17-20(9)2)18-14(21)11-6-4-3-5-10(11)13-15-8-16-19-13/h3-8H,1-2H3,(H,18,21)(H,15,16,19). The maximum atomic E-state index is 12.5. The number of nitrogens with zero attached hydrogens (tertiary/aromatic N) is 4. The van der Waals surface area contributed by atoms with E-state index in [1.807, 2.05) is 32.2 Å². The maximum Gasteiger partial charge on any atom is 0.256 e. The average Bonchev–Trinajstić information content (AvgIpc) is 3.13. The van der Waals surface area contributed by atoms with Crippen LogP contribution in [0.1, 0.15) is 16.1 Å². The summed E-state index contributed by atoms with van der Waals surface area (Å²) >= 11 is 0. The molecule has 0 fully saturated rings. The Labute approximate surface area is 121 Å². The number of H-pyrrole nitrogens is 1. The van der Waals surface area contributed by atoms with Crippen molar-refractivity contribution < 1.29 is 4.79 Å². The maximum absolute atomic E-state index is 12.5. The number of carbonyl (C=O) groups is 1. The second-order valence-corrected chi connectivity index (χ2v) is 4.60. The minimum absolute atomic E-state index is 0.210. The second kappa shape index (κ2) is 5.20. The summed E-state index contributed by atoms with van der Waals surface area (Å²) in [5, 5.41) is 13.6. The summed E-state index contributed by atoms with van der Waals surface area (Å²) < 4.78 is 1.71. The Kier molecular flexibility index (Phi) is 3.23. The highest BCUT2D eigenvalue weighted by Crippen LogP contribution is 2.21. The van der Waals surface area contributed by atoms with Gasteiger partial charge in [0.25, 0.3) is 5.91 Å².